The zero-order valence-electron chi connectivity index (χ0n) is 28.5. The van der Waals surface area contributed by atoms with Crippen molar-refractivity contribution in [2.75, 3.05) is 13.7 Å². The van der Waals surface area contributed by atoms with E-state index < -0.39 is 5.92 Å². The SMILES string of the molecule is COc1ccc(Cn2ccc3ccc(C4=C(O)C(COc5ccc(Cn6ccc7ccc(C8CC(=O)C(C)=C8O)cc76)cc5)CC4=O)cc32)cc1. The van der Waals surface area contributed by atoms with Crippen LogP contribution in [-0.4, -0.2) is 44.6 Å². The third-order valence-corrected chi connectivity index (χ3v) is 10.4. The van der Waals surface area contributed by atoms with Gasteiger partial charge in [0.2, 0.25) is 0 Å². The van der Waals surface area contributed by atoms with Crippen molar-refractivity contribution in [3.63, 3.8) is 0 Å². The quantitative estimate of drug-likeness (QED) is 0.151. The molecular formula is C43H38N2O6. The summed E-state index contributed by atoms with van der Waals surface area (Å²) < 4.78 is 15.7. The molecule has 0 radical (unpaired) electrons. The predicted octanol–water partition coefficient (Wildman–Crippen LogP) is 8.53. The van der Waals surface area contributed by atoms with Gasteiger partial charge in [-0.3, -0.25) is 9.59 Å². The van der Waals surface area contributed by atoms with Gasteiger partial charge in [0.15, 0.2) is 11.6 Å². The smallest absolute Gasteiger partial charge is 0.167 e. The van der Waals surface area contributed by atoms with Crippen molar-refractivity contribution in [3.8, 4) is 11.5 Å². The van der Waals surface area contributed by atoms with Gasteiger partial charge < -0.3 is 28.8 Å². The summed E-state index contributed by atoms with van der Waals surface area (Å²) in [5.74, 6) is 0.890. The summed E-state index contributed by atoms with van der Waals surface area (Å²) in [6.45, 7) is 3.17. The van der Waals surface area contributed by atoms with Gasteiger partial charge in [-0.25, -0.2) is 0 Å². The lowest BCUT2D eigenvalue weighted by molar-refractivity contribution is -0.115. The van der Waals surface area contributed by atoms with E-state index in [4.69, 9.17) is 9.47 Å². The molecule has 51 heavy (non-hydrogen) atoms. The van der Waals surface area contributed by atoms with Crippen LogP contribution in [-0.2, 0) is 22.7 Å². The van der Waals surface area contributed by atoms with Crippen LogP contribution in [0.25, 0.3) is 27.4 Å². The molecule has 2 atom stereocenters. The highest BCUT2D eigenvalue weighted by molar-refractivity contribution is 6.24. The van der Waals surface area contributed by atoms with Crippen LogP contribution in [0.5, 0.6) is 11.5 Å². The summed E-state index contributed by atoms with van der Waals surface area (Å²) >= 11 is 0. The Hall–Kier alpha value is -6.02. The number of hydrogen-bond donors (Lipinski definition) is 2. The molecule has 0 spiro atoms. The number of carbonyl (C=O) groups excluding carboxylic acids is 2. The molecule has 2 N–H and O–H groups in total. The normalized spacial score (nSPS) is 17.8. The third kappa shape index (κ3) is 6.07. The molecule has 8 rings (SSSR count). The summed E-state index contributed by atoms with van der Waals surface area (Å²) in [5, 5.41) is 23.9. The Morgan fingerprint density at radius 3 is 1.90 bits per heavy atom. The molecule has 4 aromatic carbocycles. The van der Waals surface area contributed by atoms with Crippen molar-refractivity contribution in [2.45, 2.75) is 38.8 Å². The summed E-state index contributed by atoms with van der Waals surface area (Å²) in [4.78, 5) is 25.4. The molecule has 2 aliphatic rings. The predicted molar refractivity (Wildman–Crippen MR) is 197 cm³/mol. The van der Waals surface area contributed by atoms with E-state index in [1.165, 1.54) is 0 Å². The van der Waals surface area contributed by atoms with Gasteiger partial charge >= 0.3 is 0 Å². The molecule has 8 nitrogen and oxygen atoms in total. The first-order valence-electron chi connectivity index (χ1n) is 17.2. The largest absolute Gasteiger partial charge is 0.511 e. The van der Waals surface area contributed by atoms with E-state index in [1.54, 1.807) is 14.0 Å². The fourth-order valence-electron chi connectivity index (χ4n) is 7.38. The Morgan fingerprint density at radius 2 is 1.29 bits per heavy atom. The Labute approximate surface area is 295 Å². The maximum Gasteiger partial charge on any atom is 0.167 e. The average Bonchev–Trinajstić information content (AvgIpc) is 3.88. The third-order valence-electron chi connectivity index (χ3n) is 10.4. The molecule has 8 heteroatoms. The number of aliphatic hydroxyl groups is 2. The Morgan fingerprint density at radius 1 is 0.686 bits per heavy atom. The topological polar surface area (TPSA) is 103 Å². The van der Waals surface area contributed by atoms with Crippen LogP contribution < -0.4 is 9.47 Å². The number of methoxy groups -OCH3 is 1. The van der Waals surface area contributed by atoms with Crippen molar-refractivity contribution in [1.29, 1.82) is 0 Å². The number of hydrogen-bond acceptors (Lipinski definition) is 6. The highest BCUT2D eigenvalue weighted by Crippen LogP contribution is 2.38. The molecule has 0 amide bonds. The zero-order chi connectivity index (χ0) is 35.2. The second kappa shape index (κ2) is 13.0. The lowest BCUT2D eigenvalue weighted by Gasteiger charge is -2.14. The van der Waals surface area contributed by atoms with Crippen LogP contribution in [0.2, 0.25) is 0 Å². The number of Topliss-reactive ketones (excluding diaryl/α,β-unsaturated/α-hetero) is 2. The maximum absolute atomic E-state index is 13.2. The van der Waals surface area contributed by atoms with Gasteiger partial charge in [-0.2, -0.15) is 0 Å². The maximum atomic E-state index is 13.2. The Bertz CT molecular complexity index is 2380. The molecule has 2 heterocycles. The number of benzene rings is 4. The molecule has 0 saturated carbocycles. The van der Waals surface area contributed by atoms with E-state index in [2.05, 4.69) is 27.3 Å². The van der Waals surface area contributed by atoms with Crippen molar-refractivity contribution in [3.05, 3.63) is 149 Å². The van der Waals surface area contributed by atoms with Crippen LogP contribution in [0.15, 0.2) is 127 Å². The number of carbonyl (C=O) groups is 2. The molecule has 0 aliphatic heterocycles. The second-order valence-corrected chi connectivity index (χ2v) is 13.6. The Kier molecular flexibility index (Phi) is 8.22. The zero-order valence-corrected chi connectivity index (χ0v) is 28.5. The van der Waals surface area contributed by atoms with E-state index in [0.717, 1.165) is 44.2 Å². The van der Waals surface area contributed by atoms with Gasteiger partial charge in [0.25, 0.3) is 0 Å². The number of aliphatic hydroxyl groups excluding tert-OH is 2. The molecule has 2 aliphatic carbocycles. The minimum atomic E-state index is -0.428. The monoisotopic (exact) mass is 678 g/mol. The fraction of sp³-hybridized carbons (Fsp3) is 0.209. The van der Waals surface area contributed by atoms with Crippen molar-refractivity contribution in [2.24, 2.45) is 5.92 Å². The molecule has 0 fully saturated rings. The number of fused-ring (bicyclic) bond motifs is 2. The van der Waals surface area contributed by atoms with Crippen molar-refractivity contribution >= 4 is 38.9 Å². The van der Waals surface area contributed by atoms with E-state index in [-0.39, 0.29) is 42.0 Å². The van der Waals surface area contributed by atoms with Crippen LogP contribution in [0.1, 0.15) is 47.9 Å². The first-order valence-corrected chi connectivity index (χ1v) is 17.2. The van der Waals surface area contributed by atoms with Crippen LogP contribution in [0.3, 0.4) is 0 Å². The number of aromatic nitrogens is 2. The first-order chi connectivity index (χ1) is 24.7. The van der Waals surface area contributed by atoms with Crippen molar-refractivity contribution < 1.29 is 29.3 Å². The van der Waals surface area contributed by atoms with E-state index in [9.17, 15) is 19.8 Å². The molecular weight excluding hydrogens is 640 g/mol. The van der Waals surface area contributed by atoms with Crippen LogP contribution in [0, 0.1) is 5.92 Å². The number of allylic oxidation sites excluding steroid dienone is 3. The lowest BCUT2D eigenvalue weighted by Crippen LogP contribution is -2.12. The van der Waals surface area contributed by atoms with Crippen LogP contribution in [0.4, 0.5) is 0 Å². The Balaban J connectivity index is 0.938. The highest BCUT2D eigenvalue weighted by Gasteiger charge is 2.34. The number of ether oxygens (including phenoxy) is 2. The van der Waals surface area contributed by atoms with E-state index in [1.807, 2.05) is 91.3 Å². The first kappa shape index (κ1) is 32.2. The summed E-state index contributed by atoms with van der Waals surface area (Å²) in [6, 6.07) is 31.9. The van der Waals surface area contributed by atoms with Crippen LogP contribution >= 0.6 is 0 Å². The van der Waals surface area contributed by atoms with E-state index in [0.29, 0.717) is 42.0 Å². The minimum Gasteiger partial charge on any atom is -0.511 e. The van der Waals surface area contributed by atoms with Crippen molar-refractivity contribution in [1.82, 2.24) is 9.13 Å². The molecule has 2 unspecified atom stereocenters. The average molecular weight is 679 g/mol. The molecule has 6 aromatic rings. The van der Waals surface area contributed by atoms with Gasteiger partial charge in [-0.15, -0.1) is 0 Å². The van der Waals surface area contributed by atoms with Gasteiger partial charge in [-0.1, -0.05) is 48.5 Å². The fourth-order valence-corrected chi connectivity index (χ4v) is 7.38. The molecule has 2 aromatic heterocycles. The minimum absolute atomic E-state index is 0.00750. The summed E-state index contributed by atoms with van der Waals surface area (Å²) in [7, 11) is 1.65. The second-order valence-electron chi connectivity index (χ2n) is 13.6. The van der Waals surface area contributed by atoms with Gasteiger partial charge in [0, 0.05) is 60.8 Å². The molecule has 0 saturated heterocycles. The number of ketones is 2. The highest BCUT2D eigenvalue weighted by atomic mass is 16.5. The van der Waals surface area contributed by atoms with E-state index >= 15 is 0 Å². The molecule has 0 bridgehead atoms. The lowest BCUT2D eigenvalue weighted by atomic mass is 9.96. The number of rotatable bonds is 10. The standard InChI is InChI=1S/C43H38N2O6/c1-26-39(46)22-36(42(26)48)31-9-7-29-15-17-44(37(29)19-31)24-28-5-13-35(14-6-28)51-25-33-21-40(47)41(43(33)49)32-10-8-30-16-18-45(38(30)20-32)23-27-3-11-34(50-2)12-4-27/h3-20,33,36,48-49H,21-25H2,1-2H3. The number of nitrogens with zero attached hydrogens (tertiary/aromatic N) is 2. The van der Waals surface area contributed by atoms with Gasteiger partial charge in [-0.05, 0) is 88.5 Å². The molecule has 256 valence electrons. The summed E-state index contributed by atoms with van der Waals surface area (Å²) in [6.07, 6.45) is 4.56. The van der Waals surface area contributed by atoms with Gasteiger partial charge in [0.1, 0.15) is 23.0 Å². The van der Waals surface area contributed by atoms with Gasteiger partial charge in [0.05, 0.1) is 25.2 Å². The summed E-state index contributed by atoms with van der Waals surface area (Å²) in [5.41, 5.74) is 6.68.